The zero-order chi connectivity index (χ0) is 11.2. The molecule has 0 spiro atoms. The average molecular weight is 234 g/mol. The van der Waals surface area contributed by atoms with Crippen LogP contribution < -0.4 is 5.73 Å². The highest BCUT2D eigenvalue weighted by atomic mass is 32.1. The van der Waals surface area contributed by atoms with Crippen molar-refractivity contribution in [3.63, 3.8) is 0 Å². The lowest BCUT2D eigenvalue weighted by molar-refractivity contribution is -0.0454. The number of para-hydroxylation sites is 1. The van der Waals surface area contributed by atoms with E-state index in [1.54, 1.807) is 11.3 Å². The Labute approximate surface area is 97.9 Å². The normalized spacial score (nSPS) is 29.2. The van der Waals surface area contributed by atoms with Crippen LogP contribution in [0.4, 0.5) is 0 Å². The quantitative estimate of drug-likeness (QED) is 0.831. The predicted molar refractivity (Wildman–Crippen MR) is 65.5 cm³/mol. The van der Waals surface area contributed by atoms with Crippen molar-refractivity contribution in [2.45, 2.75) is 30.9 Å². The van der Waals surface area contributed by atoms with Gasteiger partial charge in [0.1, 0.15) is 0 Å². The summed E-state index contributed by atoms with van der Waals surface area (Å²) in [6, 6.07) is 8.23. The molecule has 0 radical (unpaired) electrons. The van der Waals surface area contributed by atoms with E-state index in [9.17, 15) is 5.11 Å². The lowest BCUT2D eigenvalue weighted by atomic mass is 9.74. The van der Waals surface area contributed by atoms with Gasteiger partial charge in [-0.05, 0) is 25.0 Å². The van der Waals surface area contributed by atoms with Gasteiger partial charge in [0.05, 0.1) is 20.8 Å². The minimum atomic E-state index is -0.604. The third kappa shape index (κ3) is 1.73. The van der Waals surface area contributed by atoms with Crippen molar-refractivity contribution >= 4 is 21.6 Å². The van der Waals surface area contributed by atoms with Crippen LogP contribution in [0.15, 0.2) is 24.3 Å². The first kappa shape index (κ1) is 10.2. The number of aromatic nitrogens is 1. The molecule has 0 unspecified atom stereocenters. The maximum Gasteiger partial charge on any atom is 0.0967 e. The predicted octanol–water partition coefficient (Wildman–Crippen LogP) is 1.69. The summed E-state index contributed by atoms with van der Waals surface area (Å²) in [6.45, 7) is 0. The van der Waals surface area contributed by atoms with E-state index in [-0.39, 0.29) is 6.04 Å². The molecular weight excluding hydrogens is 220 g/mol. The van der Waals surface area contributed by atoms with E-state index in [0.717, 1.165) is 10.5 Å². The number of hydrogen-bond acceptors (Lipinski definition) is 4. The third-order valence-electron chi connectivity index (χ3n) is 3.10. The highest BCUT2D eigenvalue weighted by Gasteiger charge is 2.41. The fraction of sp³-hybridized carbons (Fsp3) is 0.417. The molecule has 0 bridgehead atoms. The molecule has 0 aliphatic heterocycles. The fourth-order valence-electron chi connectivity index (χ4n) is 2.34. The molecule has 4 heteroatoms. The van der Waals surface area contributed by atoms with E-state index in [0.29, 0.717) is 19.3 Å². The van der Waals surface area contributed by atoms with Gasteiger partial charge in [-0.15, -0.1) is 11.3 Å². The van der Waals surface area contributed by atoms with Gasteiger partial charge in [-0.25, -0.2) is 4.98 Å². The van der Waals surface area contributed by atoms with Crippen molar-refractivity contribution in [2.24, 2.45) is 5.73 Å². The summed E-state index contributed by atoms with van der Waals surface area (Å²) in [5.41, 5.74) is 6.12. The van der Waals surface area contributed by atoms with Gasteiger partial charge in [0.25, 0.3) is 0 Å². The van der Waals surface area contributed by atoms with Gasteiger partial charge in [0.2, 0.25) is 0 Å². The molecular formula is C12H14N2OS. The molecule has 1 saturated carbocycles. The van der Waals surface area contributed by atoms with Crippen LogP contribution in [0.5, 0.6) is 0 Å². The molecule has 1 aromatic carbocycles. The number of benzene rings is 1. The summed E-state index contributed by atoms with van der Waals surface area (Å²) in [6.07, 6.45) is 2.03. The van der Waals surface area contributed by atoms with Crippen molar-refractivity contribution in [1.29, 1.82) is 0 Å². The molecule has 3 nitrogen and oxygen atoms in total. The largest absolute Gasteiger partial charge is 0.389 e. The van der Waals surface area contributed by atoms with E-state index < -0.39 is 5.60 Å². The van der Waals surface area contributed by atoms with Crippen LogP contribution in [-0.2, 0) is 6.42 Å². The summed E-state index contributed by atoms with van der Waals surface area (Å²) in [5, 5.41) is 11.2. The smallest absolute Gasteiger partial charge is 0.0967 e. The Balaban J connectivity index is 1.84. The first-order chi connectivity index (χ1) is 7.65. The number of hydrogen-bond donors (Lipinski definition) is 2. The number of fused-ring (bicyclic) bond motifs is 1. The maximum atomic E-state index is 10.1. The second-order valence-corrected chi connectivity index (χ2v) is 5.76. The first-order valence-corrected chi connectivity index (χ1v) is 6.29. The highest BCUT2D eigenvalue weighted by molar-refractivity contribution is 7.18. The van der Waals surface area contributed by atoms with Gasteiger partial charge in [0.15, 0.2) is 0 Å². The molecule has 2 aromatic rings. The number of nitrogens with zero attached hydrogens (tertiary/aromatic N) is 1. The number of rotatable bonds is 2. The molecule has 1 fully saturated rings. The van der Waals surface area contributed by atoms with Crippen molar-refractivity contribution < 1.29 is 5.11 Å². The second kappa shape index (κ2) is 3.52. The van der Waals surface area contributed by atoms with Crippen LogP contribution >= 0.6 is 11.3 Å². The topological polar surface area (TPSA) is 59.1 Å². The summed E-state index contributed by atoms with van der Waals surface area (Å²) in [7, 11) is 0. The van der Waals surface area contributed by atoms with Gasteiger partial charge in [-0.2, -0.15) is 0 Å². The third-order valence-corrected chi connectivity index (χ3v) is 4.14. The van der Waals surface area contributed by atoms with Gasteiger partial charge in [-0.1, -0.05) is 12.1 Å². The van der Waals surface area contributed by atoms with E-state index in [1.807, 2.05) is 18.2 Å². The summed E-state index contributed by atoms with van der Waals surface area (Å²) in [4.78, 5) is 4.52. The molecule has 1 aliphatic rings. The maximum absolute atomic E-state index is 10.1. The first-order valence-electron chi connectivity index (χ1n) is 5.47. The standard InChI is InChI=1S/C12H14N2OS/c13-8-5-12(15,6-8)7-11-14-9-3-1-2-4-10(9)16-11/h1-4,8,15H,5-7,13H2. The monoisotopic (exact) mass is 234 g/mol. The van der Waals surface area contributed by atoms with E-state index in [2.05, 4.69) is 11.1 Å². The molecule has 84 valence electrons. The van der Waals surface area contributed by atoms with Crippen molar-refractivity contribution in [3.8, 4) is 0 Å². The van der Waals surface area contributed by atoms with Gasteiger partial charge in [-0.3, -0.25) is 0 Å². The van der Waals surface area contributed by atoms with E-state index in [1.165, 1.54) is 4.70 Å². The van der Waals surface area contributed by atoms with Crippen LogP contribution in [0.25, 0.3) is 10.2 Å². The van der Waals surface area contributed by atoms with Crippen LogP contribution in [0.1, 0.15) is 17.8 Å². The lowest BCUT2D eigenvalue weighted by Crippen LogP contribution is -2.52. The fourth-order valence-corrected chi connectivity index (χ4v) is 3.44. The molecule has 0 amide bonds. The summed E-state index contributed by atoms with van der Waals surface area (Å²) < 4.78 is 1.18. The van der Waals surface area contributed by atoms with E-state index >= 15 is 0 Å². The minimum Gasteiger partial charge on any atom is -0.389 e. The van der Waals surface area contributed by atoms with Gasteiger partial charge >= 0.3 is 0 Å². The Morgan fingerprint density at radius 1 is 1.44 bits per heavy atom. The molecule has 1 aliphatic carbocycles. The lowest BCUT2D eigenvalue weighted by Gasteiger charge is -2.41. The highest BCUT2D eigenvalue weighted by Crippen LogP contribution is 2.35. The molecule has 3 N–H and O–H groups in total. The molecule has 0 atom stereocenters. The van der Waals surface area contributed by atoms with Crippen LogP contribution in [0.3, 0.4) is 0 Å². The molecule has 1 aromatic heterocycles. The van der Waals surface area contributed by atoms with Crippen molar-refractivity contribution in [3.05, 3.63) is 29.3 Å². The Bertz CT molecular complexity index is 483. The van der Waals surface area contributed by atoms with Crippen LogP contribution in [0.2, 0.25) is 0 Å². The van der Waals surface area contributed by atoms with Crippen molar-refractivity contribution in [1.82, 2.24) is 4.98 Å². The van der Waals surface area contributed by atoms with Gasteiger partial charge in [0, 0.05) is 12.5 Å². The Morgan fingerprint density at radius 3 is 2.88 bits per heavy atom. The number of aliphatic hydroxyl groups is 1. The molecule has 16 heavy (non-hydrogen) atoms. The number of nitrogens with two attached hydrogens (primary N) is 1. The summed E-state index contributed by atoms with van der Waals surface area (Å²) >= 11 is 1.66. The van der Waals surface area contributed by atoms with Gasteiger partial charge < -0.3 is 10.8 Å². The zero-order valence-electron chi connectivity index (χ0n) is 8.89. The average Bonchev–Trinajstić information content (AvgIpc) is 2.56. The van der Waals surface area contributed by atoms with Crippen LogP contribution in [-0.4, -0.2) is 21.7 Å². The SMILES string of the molecule is NC1CC(O)(Cc2nc3ccccc3s2)C1. The molecule has 0 saturated heterocycles. The Kier molecular flexibility index (Phi) is 2.24. The Hall–Kier alpha value is -0.970. The van der Waals surface area contributed by atoms with Crippen LogP contribution in [0, 0.1) is 0 Å². The zero-order valence-corrected chi connectivity index (χ0v) is 9.70. The minimum absolute atomic E-state index is 0.166. The Morgan fingerprint density at radius 2 is 2.19 bits per heavy atom. The molecule has 1 heterocycles. The number of thiazole rings is 1. The van der Waals surface area contributed by atoms with E-state index in [4.69, 9.17) is 5.73 Å². The van der Waals surface area contributed by atoms with Crippen molar-refractivity contribution in [2.75, 3.05) is 0 Å². The molecule has 3 rings (SSSR count). The summed E-state index contributed by atoms with van der Waals surface area (Å²) in [5.74, 6) is 0. The second-order valence-electron chi connectivity index (χ2n) is 4.64.